The van der Waals surface area contributed by atoms with Crippen LogP contribution in [0, 0.1) is 0 Å². The van der Waals surface area contributed by atoms with Crippen molar-refractivity contribution in [2.45, 2.75) is 38.1 Å². The topological polar surface area (TPSA) is 41.6 Å². The maximum atomic E-state index is 12.1. The number of rotatable bonds is 5. The van der Waals surface area contributed by atoms with Gasteiger partial charge in [-0.3, -0.25) is 4.79 Å². The predicted molar refractivity (Wildman–Crippen MR) is 81.3 cm³/mol. The van der Waals surface area contributed by atoms with Gasteiger partial charge in [-0.15, -0.1) is 0 Å². The van der Waals surface area contributed by atoms with E-state index in [1.807, 2.05) is 30.3 Å². The molecule has 0 spiro atoms. The third-order valence-corrected chi connectivity index (χ3v) is 3.83. The van der Waals surface area contributed by atoms with Crippen molar-refractivity contribution >= 4 is 11.6 Å². The molecule has 2 rings (SSSR count). The van der Waals surface area contributed by atoms with Crippen molar-refractivity contribution in [2.24, 2.45) is 0 Å². The smallest absolute Gasteiger partial charge is 0.371 e. The van der Waals surface area contributed by atoms with Crippen LogP contribution in [0.25, 0.3) is 0 Å². The maximum absolute atomic E-state index is 12.1. The summed E-state index contributed by atoms with van der Waals surface area (Å²) in [6, 6.07) is 9.95. The summed E-state index contributed by atoms with van der Waals surface area (Å²) in [5, 5.41) is 2.77. The Morgan fingerprint density at radius 1 is 1.30 bits per heavy atom. The molecule has 1 atom stereocenters. The van der Waals surface area contributed by atoms with Gasteiger partial charge < -0.3 is 15.0 Å². The minimum atomic E-state index is -4.42. The van der Waals surface area contributed by atoms with Crippen molar-refractivity contribution in [1.82, 2.24) is 5.32 Å². The summed E-state index contributed by atoms with van der Waals surface area (Å²) < 4.78 is 40.8. The molecule has 0 radical (unpaired) electrons. The number of halogens is 3. The van der Waals surface area contributed by atoms with Gasteiger partial charge in [0.15, 0.2) is 0 Å². The molecule has 1 N–H and O–H groups in total. The number of nitrogens with one attached hydrogen (secondary N) is 1. The van der Waals surface area contributed by atoms with E-state index in [9.17, 15) is 18.0 Å². The summed E-state index contributed by atoms with van der Waals surface area (Å²) in [7, 11) is 0. The van der Waals surface area contributed by atoms with Gasteiger partial charge in [0.05, 0.1) is 0 Å². The summed E-state index contributed by atoms with van der Waals surface area (Å²) in [6.07, 6.45) is -4.02. The molecule has 0 saturated carbocycles. The predicted octanol–water partition coefficient (Wildman–Crippen LogP) is 2.74. The number of hydrogen-bond acceptors (Lipinski definition) is 3. The van der Waals surface area contributed by atoms with Gasteiger partial charge in [-0.2, -0.15) is 13.2 Å². The number of carbonyl (C=O) groups is 1. The van der Waals surface area contributed by atoms with Gasteiger partial charge in [-0.05, 0) is 31.9 Å². The summed E-state index contributed by atoms with van der Waals surface area (Å²) in [5.74, 6) is -0.493. The van der Waals surface area contributed by atoms with E-state index < -0.39 is 24.8 Å². The minimum Gasteiger partial charge on any atom is -0.371 e. The fourth-order valence-corrected chi connectivity index (χ4v) is 2.53. The van der Waals surface area contributed by atoms with Crippen LogP contribution in [0.3, 0.4) is 0 Å². The number of hydrogen-bond donors (Lipinski definition) is 1. The lowest BCUT2D eigenvalue weighted by Gasteiger charge is -2.34. The zero-order valence-electron chi connectivity index (χ0n) is 13.0. The lowest BCUT2D eigenvalue weighted by atomic mass is 10.0. The SMILES string of the molecule is C[C@H](OCC(F)(F)F)C(=O)NC1CCN(c2ccccc2)CC1. The van der Waals surface area contributed by atoms with Crippen molar-refractivity contribution in [3.63, 3.8) is 0 Å². The van der Waals surface area contributed by atoms with Gasteiger partial charge >= 0.3 is 6.18 Å². The number of benzene rings is 1. The molecule has 1 aliphatic rings. The third kappa shape index (κ3) is 5.74. The Morgan fingerprint density at radius 2 is 1.91 bits per heavy atom. The average molecular weight is 330 g/mol. The molecule has 23 heavy (non-hydrogen) atoms. The van der Waals surface area contributed by atoms with Crippen molar-refractivity contribution in [3.05, 3.63) is 30.3 Å². The molecule has 0 unspecified atom stereocenters. The van der Waals surface area contributed by atoms with Crippen LogP contribution in [0.1, 0.15) is 19.8 Å². The first-order chi connectivity index (χ1) is 10.8. The number of carbonyl (C=O) groups excluding carboxylic acids is 1. The lowest BCUT2D eigenvalue weighted by Crippen LogP contribution is -2.47. The number of alkyl halides is 3. The van der Waals surface area contributed by atoms with Gasteiger partial charge in [0.1, 0.15) is 12.7 Å². The number of amides is 1. The zero-order valence-corrected chi connectivity index (χ0v) is 13.0. The Labute approximate surface area is 133 Å². The fraction of sp³-hybridized carbons (Fsp3) is 0.562. The van der Waals surface area contributed by atoms with Gasteiger partial charge in [0, 0.05) is 24.8 Å². The Morgan fingerprint density at radius 3 is 2.48 bits per heavy atom. The van der Waals surface area contributed by atoms with Crippen LogP contribution >= 0.6 is 0 Å². The van der Waals surface area contributed by atoms with Crippen LogP contribution in [0.4, 0.5) is 18.9 Å². The number of piperidine rings is 1. The van der Waals surface area contributed by atoms with Crippen LogP contribution in [0.15, 0.2) is 30.3 Å². The van der Waals surface area contributed by atoms with E-state index >= 15 is 0 Å². The Kier molecular flexibility index (Phi) is 5.87. The van der Waals surface area contributed by atoms with Crippen molar-refractivity contribution < 1.29 is 22.7 Å². The standard InChI is InChI=1S/C16H21F3N2O2/c1-12(23-11-16(17,18)19)15(22)20-13-7-9-21(10-8-13)14-5-3-2-4-6-14/h2-6,12-13H,7-11H2,1H3,(H,20,22)/t12-/m0/s1. The molecule has 1 aromatic carbocycles. The van der Waals surface area contributed by atoms with Gasteiger partial charge in [-0.1, -0.05) is 18.2 Å². The molecule has 1 fully saturated rings. The molecule has 1 heterocycles. The Balaban J connectivity index is 1.74. The first kappa shape index (κ1) is 17.6. The highest BCUT2D eigenvalue weighted by atomic mass is 19.4. The highest BCUT2D eigenvalue weighted by Crippen LogP contribution is 2.20. The van der Waals surface area contributed by atoms with Crippen LogP contribution in [-0.4, -0.2) is 43.9 Å². The van der Waals surface area contributed by atoms with Crippen molar-refractivity contribution in [3.8, 4) is 0 Å². The molecule has 1 amide bonds. The summed E-state index contributed by atoms with van der Waals surface area (Å²) in [4.78, 5) is 14.1. The van der Waals surface area contributed by atoms with E-state index in [1.165, 1.54) is 6.92 Å². The van der Waals surface area contributed by atoms with Crippen LogP contribution in [-0.2, 0) is 9.53 Å². The van der Waals surface area contributed by atoms with E-state index in [-0.39, 0.29) is 6.04 Å². The number of para-hydroxylation sites is 1. The van der Waals surface area contributed by atoms with Crippen molar-refractivity contribution in [1.29, 1.82) is 0 Å². The van der Waals surface area contributed by atoms with E-state index in [0.717, 1.165) is 31.6 Å². The van der Waals surface area contributed by atoms with E-state index in [0.29, 0.717) is 0 Å². The van der Waals surface area contributed by atoms with Crippen LogP contribution < -0.4 is 10.2 Å². The zero-order chi connectivity index (χ0) is 16.9. The molecule has 0 aliphatic carbocycles. The largest absolute Gasteiger partial charge is 0.411 e. The fourth-order valence-electron chi connectivity index (χ4n) is 2.53. The number of anilines is 1. The molecule has 1 aliphatic heterocycles. The van der Waals surface area contributed by atoms with Gasteiger partial charge in [0.2, 0.25) is 5.91 Å². The molecular weight excluding hydrogens is 309 g/mol. The van der Waals surface area contributed by atoms with E-state index in [4.69, 9.17) is 0 Å². The van der Waals surface area contributed by atoms with Gasteiger partial charge in [-0.25, -0.2) is 0 Å². The molecule has 128 valence electrons. The monoisotopic (exact) mass is 330 g/mol. The molecule has 1 aromatic rings. The first-order valence-corrected chi connectivity index (χ1v) is 7.64. The van der Waals surface area contributed by atoms with E-state index in [2.05, 4.69) is 15.0 Å². The second kappa shape index (κ2) is 7.68. The quantitative estimate of drug-likeness (QED) is 0.903. The summed E-state index contributed by atoms with van der Waals surface area (Å²) in [6.45, 7) is 1.52. The molecule has 0 bridgehead atoms. The maximum Gasteiger partial charge on any atom is 0.411 e. The molecular formula is C16H21F3N2O2. The minimum absolute atomic E-state index is 0.0283. The summed E-state index contributed by atoms with van der Waals surface area (Å²) in [5.41, 5.74) is 1.14. The summed E-state index contributed by atoms with van der Waals surface area (Å²) >= 11 is 0. The highest BCUT2D eigenvalue weighted by Gasteiger charge is 2.30. The van der Waals surface area contributed by atoms with E-state index in [1.54, 1.807) is 0 Å². The lowest BCUT2D eigenvalue weighted by molar-refractivity contribution is -0.185. The number of ether oxygens (including phenoxy) is 1. The second-order valence-electron chi connectivity index (χ2n) is 5.67. The highest BCUT2D eigenvalue weighted by molar-refractivity contribution is 5.80. The third-order valence-electron chi connectivity index (χ3n) is 3.83. The van der Waals surface area contributed by atoms with Crippen LogP contribution in [0.2, 0.25) is 0 Å². The molecule has 7 heteroatoms. The first-order valence-electron chi connectivity index (χ1n) is 7.64. The second-order valence-corrected chi connectivity index (χ2v) is 5.67. The Hall–Kier alpha value is -1.76. The van der Waals surface area contributed by atoms with Crippen molar-refractivity contribution in [2.75, 3.05) is 24.6 Å². The normalized spacial score (nSPS) is 17.8. The average Bonchev–Trinajstić information content (AvgIpc) is 2.53. The molecule has 0 aromatic heterocycles. The number of nitrogens with zero attached hydrogens (tertiary/aromatic N) is 1. The Bertz CT molecular complexity index is 500. The molecule has 1 saturated heterocycles. The molecule has 4 nitrogen and oxygen atoms in total. The van der Waals surface area contributed by atoms with Crippen LogP contribution in [0.5, 0.6) is 0 Å². The van der Waals surface area contributed by atoms with Gasteiger partial charge in [0.25, 0.3) is 0 Å².